The van der Waals surface area contributed by atoms with Crippen LogP contribution in [0.4, 0.5) is 13.2 Å². The number of alkyl halides is 3. The first-order valence-electron chi connectivity index (χ1n) is 6.35. The molecule has 23 heavy (non-hydrogen) atoms. The molecule has 0 saturated carbocycles. The first-order chi connectivity index (χ1) is 10.5. The van der Waals surface area contributed by atoms with Crippen molar-refractivity contribution in [2.75, 3.05) is 0 Å². The minimum absolute atomic E-state index is 0.0513. The molecule has 2 unspecified atom stereocenters. The Hall–Kier alpha value is -2.13. The van der Waals surface area contributed by atoms with E-state index in [4.69, 9.17) is 5.11 Å². The minimum atomic E-state index is -5.22. The summed E-state index contributed by atoms with van der Waals surface area (Å²) in [5.74, 6) is -2.98. The molecule has 0 aliphatic rings. The Morgan fingerprint density at radius 1 is 1.26 bits per heavy atom. The molecule has 1 aromatic heterocycles. The third-order valence-corrected chi connectivity index (χ3v) is 4.42. The van der Waals surface area contributed by atoms with E-state index < -0.39 is 29.7 Å². The van der Waals surface area contributed by atoms with Crippen LogP contribution in [0.2, 0.25) is 0 Å². The quantitative estimate of drug-likeness (QED) is 0.793. The van der Waals surface area contributed by atoms with E-state index in [0.717, 1.165) is 16.0 Å². The Bertz CT molecular complexity index is 721. The average Bonchev–Trinajstić information content (AvgIpc) is 2.86. The lowest BCUT2D eigenvalue weighted by Crippen LogP contribution is -2.62. The zero-order valence-corrected chi connectivity index (χ0v) is 12.5. The highest BCUT2D eigenvalue weighted by Gasteiger charge is 2.58. The number of carboxylic acids is 1. The number of rotatable bonds is 4. The Labute approximate surface area is 132 Å². The van der Waals surface area contributed by atoms with E-state index in [1.54, 1.807) is 29.6 Å². The summed E-state index contributed by atoms with van der Waals surface area (Å²) in [6.07, 6.45) is -5.22. The van der Waals surface area contributed by atoms with Gasteiger partial charge in [0.1, 0.15) is 0 Å². The van der Waals surface area contributed by atoms with Crippen molar-refractivity contribution in [3.63, 3.8) is 0 Å². The van der Waals surface area contributed by atoms with Crippen LogP contribution in [0.1, 0.15) is 16.6 Å². The molecule has 2 rings (SSSR count). The number of nitrogens with one attached hydrogen (secondary N) is 1. The van der Waals surface area contributed by atoms with Gasteiger partial charge in [0.05, 0.1) is 4.88 Å². The van der Waals surface area contributed by atoms with Crippen LogP contribution in [-0.4, -0.2) is 39.9 Å². The number of aliphatic hydroxyl groups is 1. The maximum absolute atomic E-state index is 12.8. The van der Waals surface area contributed by atoms with Gasteiger partial charge in [-0.15, -0.1) is 11.3 Å². The van der Waals surface area contributed by atoms with E-state index in [-0.39, 0.29) is 4.88 Å². The van der Waals surface area contributed by atoms with E-state index in [2.05, 4.69) is 0 Å². The van der Waals surface area contributed by atoms with Gasteiger partial charge in [-0.25, -0.2) is 4.79 Å². The highest BCUT2D eigenvalue weighted by atomic mass is 32.1. The van der Waals surface area contributed by atoms with E-state index in [1.807, 2.05) is 0 Å². The molecule has 0 aliphatic carbocycles. The maximum Gasteiger partial charge on any atom is 0.419 e. The normalized spacial score (nSPS) is 15.9. The monoisotopic (exact) mass is 347 g/mol. The van der Waals surface area contributed by atoms with E-state index in [0.29, 0.717) is 12.3 Å². The zero-order chi connectivity index (χ0) is 17.4. The Balaban J connectivity index is 2.30. The maximum atomic E-state index is 12.8. The number of hydrogen-bond acceptors (Lipinski definition) is 4. The number of amides is 1. The molecule has 0 spiro atoms. The molecule has 2 atom stereocenters. The summed E-state index contributed by atoms with van der Waals surface area (Å²) in [5.41, 5.74) is -3.61. The standard InChI is InChI=1S/C14H12F3NO4S/c1-13(22,14(15,16)17)10(12(20)21)18-11(19)9-6-7-4-2-3-5-8(7)23-9/h2-6,10,22H,1H3,(H,18,19)(H,20,21). The van der Waals surface area contributed by atoms with E-state index in [9.17, 15) is 27.9 Å². The third-order valence-electron chi connectivity index (χ3n) is 3.31. The minimum Gasteiger partial charge on any atom is -0.480 e. The number of thiophene rings is 1. The summed E-state index contributed by atoms with van der Waals surface area (Å²) < 4.78 is 39.1. The zero-order valence-electron chi connectivity index (χ0n) is 11.7. The highest BCUT2D eigenvalue weighted by molar-refractivity contribution is 7.20. The van der Waals surface area contributed by atoms with Crippen LogP contribution in [0.15, 0.2) is 30.3 Å². The summed E-state index contributed by atoms with van der Waals surface area (Å²) >= 11 is 1.01. The van der Waals surface area contributed by atoms with Crippen LogP contribution in [-0.2, 0) is 4.79 Å². The molecule has 0 bridgehead atoms. The van der Waals surface area contributed by atoms with Crippen molar-refractivity contribution in [3.05, 3.63) is 35.2 Å². The number of carbonyl (C=O) groups excluding carboxylic acids is 1. The van der Waals surface area contributed by atoms with Crippen molar-refractivity contribution >= 4 is 33.3 Å². The Morgan fingerprint density at radius 3 is 2.39 bits per heavy atom. The summed E-state index contributed by atoms with van der Waals surface area (Å²) in [7, 11) is 0. The molecule has 9 heteroatoms. The van der Waals surface area contributed by atoms with Crippen molar-refractivity contribution in [1.82, 2.24) is 5.32 Å². The SMILES string of the molecule is CC(O)(C(NC(=O)c1cc2ccccc2s1)C(=O)O)C(F)(F)F. The Morgan fingerprint density at radius 2 is 1.87 bits per heavy atom. The molecule has 2 aromatic rings. The fourth-order valence-electron chi connectivity index (χ4n) is 1.90. The number of carboxylic acid groups (broad SMARTS) is 1. The Kier molecular flexibility index (Phi) is 4.36. The van der Waals surface area contributed by atoms with Gasteiger partial charge >= 0.3 is 12.1 Å². The average molecular weight is 347 g/mol. The predicted molar refractivity (Wildman–Crippen MR) is 77.4 cm³/mol. The smallest absolute Gasteiger partial charge is 0.419 e. The summed E-state index contributed by atoms with van der Waals surface area (Å²) in [5, 5.41) is 20.9. The molecule has 1 aromatic carbocycles. The van der Waals surface area contributed by atoms with Crippen molar-refractivity contribution < 1.29 is 33.0 Å². The molecule has 0 saturated heterocycles. The van der Waals surface area contributed by atoms with Crippen molar-refractivity contribution in [3.8, 4) is 0 Å². The number of aliphatic carboxylic acids is 1. The number of fused-ring (bicyclic) bond motifs is 1. The molecule has 5 nitrogen and oxygen atoms in total. The van der Waals surface area contributed by atoms with Gasteiger partial charge in [0.15, 0.2) is 11.6 Å². The molecular formula is C14H12F3NO4S. The van der Waals surface area contributed by atoms with Gasteiger partial charge in [-0.05, 0) is 24.4 Å². The summed E-state index contributed by atoms with van der Waals surface area (Å²) in [6.45, 7) is 0.303. The van der Waals surface area contributed by atoms with Gasteiger partial charge in [0.2, 0.25) is 0 Å². The van der Waals surface area contributed by atoms with E-state index in [1.165, 1.54) is 6.07 Å². The molecule has 3 N–H and O–H groups in total. The van der Waals surface area contributed by atoms with Crippen LogP contribution in [0.3, 0.4) is 0 Å². The molecule has 0 radical (unpaired) electrons. The summed E-state index contributed by atoms with van der Waals surface area (Å²) in [4.78, 5) is 23.2. The van der Waals surface area contributed by atoms with Crippen molar-refractivity contribution in [1.29, 1.82) is 0 Å². The van der Waals surface area contributed by atoms with Crippen molar-refractivity contribution in [2.24, 2.45) is 0 Å². The lowest BCUT2D eigenvalue weighted by Gasteiger charge is -2.32. The second-order valence-electron chi connectivity index (χ2n) is 5.04. The fraction of sp³-hybridized carbons (Fsp3) is 0.286. The fourth-order valence-corrected chi connectivity index (χ4v) is 2.87. The molecule has 0 aliphatic heterocycles. The first-order valence-corrected chi connectivity index (χ1v) is 7.17. The van der Waals surface area contributed by atoms with Crippen LogP contribution in [0, 0.1) is 0 Å². The summed E-state index contributed by atoms with van der Waals surface area (Å²) in [6, 6.07) is 5.80. The molecule has 124 valence electrons. The van der Waals surface area contributed by atoms with Crippen LogP contribution in [0.25, 0.3) is 10.1 Å². The third kappa shape index (κ3) is 3.30. The van der Waals surface area contributed by atoms with Crippen LogP contribution in [0.5, 0.6) is 0 Å². The van der Waals surface area contributed by atoms with Crippen LogP contribution >= 0.6 is 11.3 Å². The molecule has 1 heterocycles. The molecule has 0 fully saturated rings. The topological polar surface area (TPSA) is 86.6 Å². The second-order valence-corrected chi connectivity index (χ2v) is 6.12. The van der Waals surface area contributed by atoms with Gasteiger partial charge in [-0.3, -0.25) is 4.79 Å². The predicted octanol–water partition coefficient (Wildman–Crippen LogP) is 2.40. The number of carbonyl (C=O) groups is 2. The molecule has 1 amide bonds. The van der Waals surface area contributed by atoms with Gasteiger partial charge in [0, 0.05) is 4.70 Å². The second kappa shape index (κ2) is 5.82. The molecular weight excluding hydrogens is 335 g/mol. The van der Waals surface area contributed by atoms with Gasteiger partial charge in [-0.2, -0.15) is 13.2 Å². The lowest BCUT2D eigenvalue weighted by atomic mass is 9.95. The number of benzene rings is 1. The van der Waals surface area contributed by atoms with Gasteiger partial charge in [0.25, 0.3) is 5.91 Å². The van der Waals surface area contributed by atoms with Crippen LogP contribution < -0.4 is 5.32 Å². The van der Waals surface area contributed by atoms with Gasteiger partial charge < -0.3 is 15.5 Å². The van der Waals surface area contributed by atoms with E-state index >= 15 is 0 Å². The first kappa shape index (κ1) is 17.2. The largest absolute Gasteiger partial charge is 0.480 e. The number of hydrogen-bond donors (Lipinski definition) is 3. The van der Waals surface area contributed by atoms with Crippen molar-refractivity contribution in [2.45, 2.75) is 24.7 Å². The highest BCUT2D eigenvalue weighted by Crippen LogP contribution is 2.33. The van der Waals surface area contributed by atoms with Gasteiger partial charge in [-0.1, -0.05) is 18.2 Å². The lowest BCUT2D eigenvalue weighted by molar-refractivity contribution is -0.262. The number of halogens is 3.